The second-order valence-corrected chi connectivity index (χ2v) is 14.5. The Labute approximate surface area is 325 Å². The van der Waals surface area contributed by atoms with E-state index in [1.165, 1.54) is 65.5 Å². The van der Waals surface area contributed by atoms with E-state index >= 15 is 0 Å². The maximum absolute atomic E-state index is 6.38. The second-order valence-electron chi connectivity index (χ2n) is 14.5. The quantitative estimate of drug-likeness (QED) is 0.160. The Morgan fingerprint density at radius 2 is 0.732 bits per heavy atom. The number of nitrogens with zero attached hydrogens (tertiary/aromatic N) is 1. The normalized spacial score (nSPS) is 11.6. The van der Waals surface area contributed by atoms with Gasteiger partial charge in [0.15, 0.2) is 0 Å². The molecule has 1 aromatic heterocycles. The third-order valence-corrected chi connectivity index (χ3v) is 11.2. The Kier molecular flexibility index (Phi) is 7.53. The Morgan fingerprint density at radius 3 is 1.41 bits per heavy atom. The average molecular weight is 714 g/mol. The first-order valence-corrected chi connectivity index (χ1v) is 19.2. The summed E-state index contributed by atoms with van der Waals surface area (Å²) in [5.41, 5.74) is 12.3. The molecular weight excluding hydrogens is 679 g/mol. The number of benzene rings is 10. The molecule has 11 aromatic rings. The lowest BCUT2D eigenvalue weighted by Crippen LogP contribution is -2.10. The van der Waals surface area contributed by atoms with E-state index in [4.69, 9.17) is 4.42 Å². The van der Waals surface area contributed by atoms with E-state index < -0.39 is 0 Å². The topological polar surface area (TPSA) is 16.4 Å². The molecule has 0 unspecified atom stereocenters. The molecule has 0 spiro atoms. The molecule has 262 valence electrons. The van der Waals surface area contributed by atoms with Crippen molar-refractivity contribution in [2.45, 2.75) is 0 Å². The zero-order valence-electron chi connectivity index (χ0n) is 30.6. The summed E-state index contributed by atoms with van der Waals surface area (Å²) >= 11 is 0. The number of hydrogen-bond donors (Lipinski definition) is 0. The lowest BCUT2D eigenvalue weighted by molar-refractivity contribution is 0.669. The molecule has 56 heavy (non-hydrogen) atoms. The molecule has 0 fully saturated rings. The number of para-hydroxylation sites is 1. The van der Waals surface area contributed by atoms with Crippen molar-refractivity contribution in [2.24, 2.45) is 0 Å². The predicted octanol–water partition coefficient (Wildman–Crippen LogP) is 15.5. The first-order valence-electron chi connectivity index (χ1n) is 19.2. The number of furan rings is 1. The SMILES string of the molecule is c1ccc(-c2ccc(N(c3ccc(-c4ccccc4)cc3)c3cccc(-c4ccc5c6ccccc6c6c(ccc7oc8ccccc8c76)c5c4)c3)cc2)cc1. The third kappa shape index (κ3) is 5.34. The van der Waals surface area contributed by atoms with Gasteiger partial charge in [0.25, 0.3) is 0 Å². The molecule has 0 amide bonds. The van der Waals surface area contributed by atoms with Crippen LogP contribution in [0, 0.1) is 0 Å². The monoisotopic (exact) mass is 713 g/mol. The van der Waals surface area contributed by atoms with E-state index in [1.54, 1.807) is 0 Å². The van der Waals surface area contributed by atoms with Crippen LogP contribution in [0.3, 0.4) is 0 Å². The number of rotatable bonds is 6. The molecule has 0 bridgehead atoms. The van der Waals surface area contributed by atoms with Crippen LogP contribution in [0.4, 0.5) is 17.1 Å². The maximum atomic E-state index is 6.38. The fourth-order valence-corrected chi connectivity index (χ4v) is 8.58. The van der Waals surface area contributed by atoms with Crippen molar-refractivity contribution in [2.75, 3.05) is 4.90 Å². The summed E-state index contributed by atoms with van der Waals surface area (Å²) in [6, 6.07) is 76.4. The molecule has 1 heterocycles. The fourth-order valence-electron chi connectivity index (χ4n) is 8.58. The van der Waals surface area contributed by atoms with E-state index in [-0.39, 0.29) is 0 Å². The molecule has 0 aliphatic rings. The Morgan fingerprint density at radius 1 is 0.250 bits per heavy atom. The summed E-state index contributed by atoms with van der Waals surface area (Å²) in [6.45, 7) is 0. The predicted molar refractivity (Wildman–Crippen MR) is 237 cm³/mol. The van der Waals surface area contributed by atoms with Gasteiger partial charge in [-0.05, 0) is 121 Å². The maximum Gasteiger partial charge on any atom is 0.136 e. The van der Waals surface area contributed by atoms with Crippen LogP contribution in [0.5, 0.6) is 0 Å². The van der Waals surface area contributed by atoms with Crippen LogP contribution in [0.15, 0.2) is 217 Å². The summed E-state index contributed by atoms with van der Waals surface area (Å²) in [7, 11) is 0. The zero-order chi connectivity index (χ0) is 37.0. The van der Waals surface area contributed by atoms with Gasteiger partial charge in [-0.3, -0.25) is 0 Å². The van der Waals surface area contributed by atoms with E-state index in [0.717, 1.165) is 39.2 Å². The standard InChI is InChI=1S/C54H35NO/c1-3-12-36(13-4-1)38-22-27-42(28-23-38)55(43-29-24-39(25-30-43)37-14-5-2-6-15-37)44-17-11-16-40(34-44)41-26-31-46-45-18-7-8-19-47(45)53-48(50(46)35-41)32-33-52-54(53)49-20-9-10-21-51(49)56-52/h1-35H. The van der Waals surface area contributed by atoms with Gasteiger partial charge in [0.2, 0.25) is 0 Å². The van der Waals surface area contributed by atoms with Gasteiger partial charge in [0, 0.05) is 33.2 Å². The van der Waals surface area contributed by atoms with Crippen LogP contribution >= 0.6 is 0 Å². The molecule has 10 aromatic carbocycles. The molecule has 2 nitrogen and oxygen atoms in total. The minimum Gasteiger partial charge on any atom is -0.456 e. The van der Waals surface area contributed by atoms with Crippen molar-refractivity contribution in [3.05, 3.63) is 212 Å². The molecular formula is C54H35NO. The highest BCUT2D eigenvalue weighted by molar-refractivity contribution is 6.34. The Bertz CT molecular complexity index is 3130. The van der Waals surface area contributed by atoms with Crippen LogP contribution in [0.2, 0.25) is 0 Å². The van der Waals surface area contributed by atoms with E-state index in [1.807, 2.05) is 6.07 Å². The molecule has 0 aliphatic carbocycles. The number of anilines is 3. The van der Waals surface area contributed by atoms with Gasteiger partial charge in [-0.15, -0.1) is 0 Å². The average Bonchev–Trinajstić information content (AvgIpc) is 3.66. The Hall–Kier alpha value is -7.42. The van der Waals surface area contributed by atoms with Crippen molar-refractivity contribution < 1.29 is 4.42 Å². The van der Waals surface area contributed by atoms with Gasteiger partial charge in [-0.25, -0.2) is 0 Å². The van der Waals surface area contributed by atoms with E-state index in [0.29, 0.717) is 0 Å². The van der Waals surface area contributed by atoms with Gasteiger partial charge < -0.3 is 9.32 Å². The smallest absolute Gasteiger partial charge is 0.136 e. The number of hydrogen-bond acceptors (Lipinski definition) is 2. The summed E-state index contributed by atoms with van der Waals surface area (Å²) in [5, 5.41) is 9.77. The van der Waals surface area contributed by atoms with E-state index in [9.17, 15) is 0 Å². The summed E-state index contributed by atoms with van der Waals surface area (Å²) in [5.74, 6) is 0. The van der Waals surface area contributed by atoms with Crippen molar-refractivity contribution >= 4 is 71.3 Å². The lowest BCUT2D eigenvalue weighted by Gasteiger charge is -2.26. The molecule has 0 saturated carbocycles. The summed E-state index contributed by atoms with van der Waals surface area (Å²) < 4.78 is 6.38. The molecule has 0 saturated heterocycles. The third-order valence-electron chi connectivity index (χ3n) is 11.2. The van der Waals surface area contributed by atoms with Crippen molar-refractivity contribution in [3.8, 4) is 33.4 Å². The molecule has 0 atom stereocenters. The van der Waals surface area contributed by atoms with Gasteiger partial charge in [-0.2, -0.15) is 0 Å². The number of fused-ring (bicyclic) bond motifs is 10. The minimum absolute atomic E-state index is 0.915. The highest BCUT2D eigenvalue weighted by atomic mass is 16.3. The van der Waals surface area contributed by atoms with Crippen LogP contribution in [-0.2, 0) is 0 Å². The van der Waals surface area contributed by atoms with Gasteiger partial charge in [0.1, 0.15) is 11.2 Å². The second kappa shape index (κ2) is 13.2. The molecule has 0 radical (unpaired) electrons. The highest BCUT2D eigenvalue weighted by Gasteiger charge is 2.18. The molecule has 0 aliphatic heterocycles. The Balaban J connectivity index is 1.07. The minimum atomic E-state index is 0.915. The fraction of sp³-hybridized carbons (Fsp3) is 0. The van der Waals surface area contributed by atoms with Crippen LogP contribution in [0.1, 0.15) is 0 Å². The van der Waals surface area contributed by atoms with Crippen LogP contribution in [0.25, 0.3) is 87.6 Å². The van der Waals surface area contributed by atoms with Crippen LogP contribution in [-0.4, -0.2) is 0 Å². The zero-order valence-corrected chi connectivity index (χ0v) is 30.6. The lowest BCUT2D eigenvalue weighted by atomic mass is 9.90. The first kappa shape index (κ1) is 32.0. The van der Waals surface area contributed by atoms with Gasteiger partial charge >= 0.3 is 0 Å². The molecule has 2 heteroatoms. The summed E-state index contributed by atoms with van der Waals surface area (Å²) in [6.07, 6.45) is 0. The first-order chi connectivity index (χ1) is 27.8. The summed E-state index contributed by atoms with van der Waals surface area (Å²) in [4.78, 5) is 2.36. The van der Waals surface area contributed by atoms with E-state index in [2.05, 4.69) is 211 Å². The molecule has 11 rings (SSSR count). The van der Waals surface area contributed by atoms with Gasteiger partial charge in [-0.1, -0.05) is 152 Å². The van der Waals surface area contributed by atoms with Gasteiger partial charge in [0.05, 0.1) is 0 Å². The highest BCUT2D eigenvalue weighted by Crippen LogP contribution is 2.44. The van der Waals surface area contributed by atoms with Crippen molar-refractivity contribution in [3.63, 3.8) is 0 Å². The van der Waals surface area contributed by atoms with Crippen molar-refractivity contribution in [1.82, 2.24) is 0 Å². The largest absolute Gasteiger partial charge is 0.456 e. The van der Waals surface area contributed by atoms with Crippen molar-refractivity contribution in [1.29, 1.82) is 0 Å². The molecule has 0 N–H and O–H groups in total. The van der Waals surface area contributed by atoms with Crippen LogP contribution < -0.4 is 4.90 Å².